The van der Waals surface area contributed by atoms with Gasteiger partial charge in [-0.25, -0.2) is 9.59 Å². The number of ether oxygens (including phenoxy) is 2. The predicted molar refractivity (Wildman–Crippen MR) is 96.2 cm³/mol. The summed E-state index contributed by atoms with van der Waals surface area (Å²) in [5.41, 5.74) is 0.257. The molecule has 1 heterocycles. The Balaban J connectivity index is 2.56. The smallest absolute Gasteiger partial charge is 0.338 e. The van der Waals surface area contributed by atoms with Crippen LogP contribution in [0.2, 0.25) is 0 Å². The maximum atomic E-state index is 12.4. The molecule has 6 nitrogen and oxygen atoms in total. The van der Waals surface area contributed by atoms with Crippen molar-refractivity contribution in [3.8, 4) is 0 Å². The second-order valence-corrected chi connectivity index (χ2v) is 6.93. The van der Waals surface area contributed by atoms with Crippen molar-refractivity contribution in [1.29, 1.82) is 0 Å². The highest BCUT2D eigenvalue weighted by Gasteiger charge is 2.55. The molecule has 0 unspecified atom stereocenters. The summed E-state index contributed by atoms with van der Waals surface area (Å²) in [6.45, 7) is 10.6. The topological polar surface area (TPSA) is 93.1 Å². The van der Waals surface area contributed by atoms with Crippen LogP contribution in [0, 0.1) is 0 Å². The predicted octanol–water partition coefficient (Wildman–Crippen LogP) is 3.04. The quantitative estimate of drug-likeness (QED) is 0.446. The third-order valence-corrected chi connectivity index (χ3v) is 5.18. The number of aliphatic hydroxyl groups excluding tert-OH is 2. The van der Waals surface area contributed by atoms with E-state index in [1.54, 1.807) is 39.8 Å². The van der Waals surface area contributed by atoms with Crippen LogP contribution >= 0.6 is 0 Å². The minimum atomic E-state index is -1.38. The van der Waals surface area contributed by atoms with Gasteiger partial charge in [-0.05, 0) is 38.8 Å². The molecule has 1 aliphatic heterocycles. The Morgan fingerprint density at radius 2 is 2.08 bits per heavy atom. The summed E-state index contributed by atoms with van der Waals surface area (Å²) in [5.74, 6) is -1.16. The van der Waals surface area contributed by atoms with Crippen molar-refractivity contribution in [3.63, 3.8) is 0 Å². The van der Waals surface area contributed by atoms with E-state index >= 15 is 0 Å². The molecule has 1 aliphatic carbocycles. The largest absolute Gasteiger partial charge is 0.512 e. The summed E-state index contributed by atoms with van der Waals surface area (Å²) in [7, 11) is 0. The summed E-state index contributed by atoms with van der Waals surface area (Å²) >= 11 is 0. The summed E-state index contributed by atoms with van der Waals surface area (Å²) in [6.07, 6.45) is 2.09. The lowest BCUT2D eigenvalue weighted by Crippen LogP contribution is -2.44. The first-order valence-electron chi connectivity index (χ1n) is 8.61. The molecule has 0 aromatic carbocycles. The van der Waals surface area contributed by atoms with Gasteiger partial charge in [-0.1, -0.05) is 18.7 Å². The molecule has 0 radical (unpaired) electrons. The molecule has 2 aliphatic rings. The standard InChI is InChI=1S/C20H26O6/c1-6-11(2)18(23)26-20-8-7-12(3)15(21)10-16(22)13(4)9-17(20)25-19(24)14(20)5/h6-7,15,17,21-22H,5,8-10H2,1-4H3/b11-6-,12-7-,16-13-/t15-,17-,20+/m1/s1. The first kappa shape index (κ1) is 20.0. The van der Waals surface area contributed by atoms with Gasteiger partial charge in [0, 0.05) is 24.8 Å². The Kier molecular flexibility index (Phi) is 5.76. The molecule has 6 heteroatoms. The summed E-state index contributed by atoms with van der Waals surface area (Å²) in [6, 6.07) is 0. The van der Waals surface area contributed by atoms with Gasteiger partial charge >= 0.3 is 11.9 Å². The number of allylic oxidation sites excluding steroid dienone is 1. The number of esters is 2. The van der Waals surface area contributed by atoms with Crippen LogP contribution in [-0.4, -0.2) is 40.0 Å². The van der Waals surface area contributed by atoms with Crippen LogP contribution in [0.1, 0.15) is 47.0 Å². The van der Waals surface area contributed by atoms with Crippen LogP contribution in [-0.2, 0) is 19.1 Å². The molecule has 1 fully saturated rings. The monoisotopic (exact) mass is 362 g/mol. The van der Waals surface area contributed by atoms with E-state index in [4.69, 9.17) is 9.47 Å². The van der Waals surface area contributed by atoms with Crippen molar-refractivity contribution >= 4 is 11.9 Å². The number of carbonyl (C=O) groups excluding carboxylic acids is 2. The molecule has 0 saturated carbocycles. The zero-order chi connectivity index (χ0) is 19.6. The first-order chi connectivity index (χ1) is 12.1. The average molecular weight is 362 g/mol. The highest BCUT2D eigenvalue weighted by atomic mass is 16.6. The zero-order valence-electron chi connectivity index (χ0n) is 15.7. The molecule has 2 rings (SSSR count). The lowest BCUT2D eigenvalue weighted by Gasteiger charge is -2.33. The minimum absolute atomic E-state index is 0.0329. The van der Waals surface area contributed by atoms with Crippen molar-refractivity contribution in [2.24, 2.45) is 0 Å². The third kappa shape index (κ3) is 3.60. The van der Waals surface area contributed by atoms with E-state index < -0.39 is 29.7 Å². The van der Waals surface area contributed by atoms with Crippen molar-refractivity contribution in [1.82, 2.24) is 0 Å². The van der Waals surface area contributed by atoms with Crippen LogP contribution in [0.4, 0.5) is 0 Å². The first-order valence-corrected chi connectivity index (χ1v) is 8.61. The number of rotatable bonds is 2. The highest BCUT2D eigenvalue weighted by molar-refractivity contribution is 5.95. The summed E-state index contributed by atoms with van der Waals surface area (Å²) in [5, 5.41) is 20.5. The maximum Gasteiger partial charge on any atom is 0.338 e. The Morgan fingerprint density at radius 3 is 2.69 bits per heavy atom. The van der Waals surface area contributed by atoms with Gasteiger partial charge in [0.15, 0.2) is 11.7 Å². The van der Waals surface area contributed by atoms with Gasteiger partial charge < -0.3 is 19.7 Å². The van der Waals surface area contributed by atoms with Gasteiger partial charge in [0.25, 0.3) is 0 Å². The van der Waals surface area contributed by atoms with E-state index in [1.807, 2.05) is 0 Å². The van der Waals surface area contributed by atoms with E-state index in [-0.39, 0.29) is 30.6 Å². The number of hydrogen-bond donors (Lipinski definition) is 2. The van der Waals surface area contributed by atoms with Crippen LogP contribution in [0.5, 0.6) is 0 Å². The molecule has 0 amide bonds. The maximum absolute atomic E-state index is 12.4. The molecule has 26 heavy (non-hydrogen) atoms. The molecule has 0 bridgehead atoms. The van der Waals surface area contributed by atoms with Gasteiger partial charge in [-0.15, -0.1) is 0 Å². The normalized spacial score (nSPS) is 35.3. The zero-order valence-corrected chi connectivity index (χ0v) is 15.7. The third-order valence-electron chi connectivity index (χ3n) is 5.18. The molecule has 0 aromatic heterocycles. The van der Waals surface area contributed by atoms with Crippen LogP contribution < -0.4 is 0 Å². The molecule has 0 aromatic rings. The summed E-state index contributed by atoms with van der Waals surface area (Å²) in [4.78, 5) is 24.7. The molecule has 2 N–H and O–H groups in total. The lowest BCUT2D eigenvalue weighted by molar-refractivity contribution is -0.160. The van der Waals surface area contributed by atoms with E-state index in [2.05, 4.69) is 6.58 Å². The van der Waals surface area contributed by atoms with E-state index in [1.165, 1.54) is 0 Å². The van der Waals surface area contributed by atoms with Crippen LogP contribution in [0.25, 0.3) is 0 Å². The van der Waals surface area contributed by atoms with Gasteiger partial charge in [0.2, 0.25) is 0 Å². The van der Waals surface area contributed by atoms with Crippen LogP contribution in [0.15, 0.2) is 46.8 Å². The van der Waals surface area contributed by atoms with Crippen LogP contribution in [0.3, 0.4) is 0 Å². The number of hydrogen-bond acceptors (Lipinski definition) is 6. The Morgan fingerprint density at radius 1 is 1.42 bits per heavy atom. The highest BCUT2D eigenvalue weighted by Crippen LogP contribution is 2.42. The van der Waals surface area contributed by atoms with Crippen molar-refractivity contribution < 1.29 is 29.3 Å². The number of carbonyl (C=O) groups is 2. The molecule has 142 valence electrons. The van der Waals surface area contributed by atoms with Crippen molar-refractivity contribution in [2.45, 2.75) is 64.8 Å². The fourth-order valence-electron chi connectivity index (χ4n) is 3.02. The average Bonchev–Trinajstić information content (AvgIpc) is 2.82. The molecule has 3 atom stereocenters. The van der Waals surface area contributed by atoms with Gasteiger partial charge in [0.05, 0.1) is 17.4 Å². The SMILES string of the molecule is C=C1C(=O)O[C@@H]2C/C(C)=C(\O)C[C@@H](O)/C(C)=C\C[C@]12OC(=O)/C(C)=C\C. The second kappa shape index (κ2) is 7.50. The van der Waals surface area contributed by atoms with Gasteiger partial charge in [0.1, 0.15) is 0 Å². The van der Waals surface area contributed by atoms with Gasteiger partial charge in [-0.3, -0.25) is 0 Å². The molecular formula is C20H26O6. The summed E-state index contributed by atoms with van der Waals surface area (Å²) < 4.78 is 11.2. The number of fused-ring (bicyclic) bond motifs is 1. The van der Waals surface area contributed by atoms with E-state index in [0.29, 0.717) is 16.7 Å². The lowest BCUT2D eigenvalue weighted by atomic mass is 9.82. The van der Waals surface area contributed by atoms with Crippen molar-refractivity contribution in [2.75, 3.05) is 0 Å². The Labute approximate surface area is 153 Å². The minimum Gasteiger partial charge on any atom is -0.512 e. The fraction of sp³-hybridized carbons (Fsp3) is 0.500. The molecule has 1 saturated heterocycles. The van der Waals surface area contributed by atoms with E-state index in [0.717, 1.165) is 0 Å². The number of aliphatic hydroxyl groups is 2. The molecule has 0 spiro atoms. The fourth-order valence-corrected chi connectivity index (χ4v) is 3.02. The molecular weight excluding hydrogens is 336 g/mol. The Hall–Kier alpha value is -2.34. The van der Waals surface area contributed by atoms with Crippen molar-refractivity contribution in [3.05, 3.63) is 46.8 Å². The second-order valence-electron chi connectivity index (χ2n) is 6.93. The van der Waals surface area contributed by atoms with Gasteiger partial charge in [-0.2, -0.15) is 0 Å². The Bertz CT molecular complexity index is 727. The van der Waals surface area contributed by atoms with E-state index in [9.17, 15) is 19.8 Å².